The Morgan fingerprint density at radius 3 is 1.44 bits per heavy atom. The van der Waals surface area contributed by atoms with Gasteiger partial charge in [0.25, 0.3) is 0 Å². The van der Waals surface area contributed by atoms with Crippen molar-refractivity contribution in [1.82, 2.24) is 0 Å². The summed E-state index contributed by atoms with van der Waals surface area (Å²) in [6, 6.07) is 6.84. The minimum absolute atomic E-state index is 0. The third-order valence-electron chi connectivity index (χ3n) is 1.84. The van der Waals surface area contributed by atoms with Gasteiger partial charge in [-0.15, -0.1) is 0 Å². The molecule has 0 bridgehead atoms. The number of carbonyl (C=O) groups is 2. The van der Waals surface area contributed by atoms with E-state index in [9.17, 15) is 9.59 Å². The Labute approximate surface area is 126 Å². The van der Waals surface area contributed by atoms with Gasteiger partial charge in [0.1, 0.15) is 0 Å². The first kappa shape index (κ1) is 17.4. The van der Waals surface area contributed by atoms with E-state index in [4.69, 9.17) is 19.2 Å². The Morgan fingerprint density at radius 1 is 0.889 bits per heavy atom. The maximum absolute atomic E-state index is 11.2. The Balaban J connectivity index is 0. The molecule has 1 aliphatic rings. The summed E-state index contributed by atoms with van der Waals surface area (Å²) in [4.78, 5) is 43.9. The molecule has 0 saturated heterocycles. The Bertz CT molecular complexity index is 493. The third kappa shape index (κ3) is 5.84. The molecule has 92 valence electrons. The Hall–Kier alpha value is -0.590. The normalized spacial score (nSPS) is 13.1. The number of carbonyl (C=O) groups excluding carboxylic acids is 2. The van der Waals surface area contributed by atoms with Crippen LogP contribution < -0.4 is 29.6 Å². The van der Waals surface area contributed by atoms with Crippen molar-refractivity contribution in [3.63, 3.8) is 0 Å². The van der Waals surface area contributed by atoms with Crippen LogP contribution in [0.4, 0.5) is 0 Å². The molecule has 0 aliphatic heterocycles. The summed E-state index contributed by atoms with van der Waals surface area (Å²) in [7, 11) is -4.64. The standard InChI is InChI=1S/C10H6O2.Na.H3O4P.H/c11-9-5-6-10(12)8-4-2-1-3-7(8)9;;1-5(2,3)4;/h1-6H;;(H3,1,2,3,4);/q;+1;;-1. The van der Waals surface area contributed by atoms with Crippen molar-refractivity contribution in [3.8, 4) is 0 Å². The van der Waals surface area contributed by atoms with Gasteiger partial charge >= 0.3 is 37.4 Å². The number of hydrogen-bond acceptors (Lipinski definition) is 3. The molecule has 6 nitrogen and oxygen atoms in total. The number of phosphoric acid groups is 1. The van der Waals surface area contributed by atoms with E-state index in [1.54, 1.807) is 24.3 Å². The van der Waals surface area contributed by atoms with Gasteiger partial charge in [-0.05, 0) is 12.2 Å². The average molecular weight is 280 g/mol. The zero-order valence-electron chi connectivity index (χ0n) is 10.5. The topological polar surface area (TPSA) is 112 Å². The van der Waals surface area contributed by atoms with Gasteiger partial charge < -0.3 is 16.1 Å². The quantitative estimate of drug-likeness (QED) is 0.367. The van der Waals surface area contributed by atoms with E-state index < -0.39 is 7.82 Å². The second-order valence-corrected chi connectivity index (χ2v) is 4.15. The van der Waals surface area contributed by atoms with Crippen molar-refractivity contribution < 1.29 is 59.8 Å². The molecule has 0 spiro atoms. The molecule has 1 aliphatic carbocycles. The molecule has 1 aromatic carbocycles. The number of ketones is 2. The molecule has 0 unspecified atom stereocenters. The van der Waals surface area contributed by atoms with E-state index in [2.05, 4.69) is 0 Å². The molecule has 0 fully saturated rings. The zero-order valence-corrected chi connectivity index (χ0v) is 12.4. The smallest absolute Gasteiger partial charge is 1.00 e. The van der Waals surface area contributed by atoms with Crippen LogP contribution in [0.3, 0.4) is 0 Å². The van der Waals surface area contributed by atoms with Crippen LogP contribution >= 0.6 is 7.82 Å². The van der Waals surface area contributed by atoms with Crippen LogP contribution in [-0.4, -0.2) is 26.2 Å². The van der Waals surface area contributed by atoms with E-state index in [1.807, 2.05) is 0 Å². The molecule has 8 heteroatoms. The molecule has 0 heterocycles. The molecule has 0 atom stereocenters. The van der Waals surface area contributed by atoms with E-state index in [0.717, 1.165) is 0 Å². The van der Waals surface area contributed by atoms with Crippen molar-refractivity contribution in [2.24, 2.45) is 0 Å². The number of fused-ring (bicyclic) bond motifs is 1. The molecule has 0 amide bonds. The predicted molar refractivity (Wildman–Crippen MR) is 59.6 cm³/mol. The first-order chi connectivity index (χ1) is 7.79. The third-order valence-corrected chi connectivity index (χ3v) is 1.84. The van der Waals surface area contributed by atoms with Gasteiger partial charge in [-0.2, -0.15) is 0 Å². The van der Waals surface area contributed by atoms with E-state index in [1.165, 1.54) is 12.2 Å². The van der Waals surface area contributed by atoms with Crippen molar-refractivity contribution in [1.29, 1.82) is 0 Å². The van der Waals surface area contributed by atoms with Crippen LogP contribution in [0.2, 0.25) is 0 Å². The first-order valence-electron chi connectivity index (χ1n) is 4.43. The number of hydrogen-bond donors (Lipinski definition) is 3. The first-order valence-corrected chi connectivity index (χ1v) is 5.99. The van der Waals surface area contributed by atoms with E-state index >= 15 is 0 Å². The largest absolute Gasteiger partial charge is 1.00 e. The molecule has 18 heavy (non-hydrogen) atoms. The summed E-state index contributed by atoms with van der Waals surface area (Å²) in [6.45, 7) is 0. The summed E-state index contributed by atoms with van der Waals surface area (Å²) >= 11 is 0. The summed E-state index contributed by atoms with van der Waals surface area (Å²) in [5.41, 5.74) is 1.01. The molecule has 3 N–H and O–H groups in total. The number of allylic oxidation sites excluding steroid dienone is 2. The predicted octanol–water partition coefficient (Wildman–Crippen LogP) is -2.19. The van der Waals surface area contributed by atoms with Crippen LogP contribution in [0.25, 0.3) is 0 Å². The van der Waals surface area contributed by atoms with E-state index in [0.29, 0.717) is 11.1 Å². The van der Waals surface area contributed by atoms with Gasteiger partial charge in [-0.25, -0.2) is 4.57 Å². The summed E-state index contributed by atoms with van der Waals surface area (Å²) in [6.07, 6.45) is 2.62. The minimum Gasteiger partial charge on any atom is -1.00 e. The van der Waals surface area contributed by atoms with Crippen molar-refractivity contribution in [2.45, 2.75) is 0 Å². The van der Waals surface area contributed by atoms with Gasteiger partial charge in [0, 0.05) is 11.1 Å². The van der Waals surface area contributed by atoms with Crippen LogP contribution in [0, 0.1) is 0 Å². The SMILES string of the molecule is O=C1C=CC(=O)c2ccccc21.O=P(O)(O)O.[H-].[Na+]. The van der Waals surface area contributed by atoms with Gasteiger partial charge in [0.05, 0.1) is 0 Å². The van der Waals surface area contributed by atoms with Gasteiger partial charge in [-0.1, -0.05) is 24.3 Å². The molecular formula is C10H10NaO6P. The molecule has 2 rings (SSSR count). The summed E-state index contributed by atoms with van der Waals surface area (Å²) in [5, 5.41) is 0. The van der Waals surface area contributed by atoms with Crippen molar-refractivity contribution >= 4 is 19.4 Å². The fourth-order valence-electron chi connectivity index (χ4n) is 1.24. The van der Waals surface area contributed by atoms with Gasteiger partial charge in [-0.3, -0.25) is 9.59 Å². The molecule has 0 radical (unpaired) electrons. The Kier molecular flexibility index (Phi) is 6.88. The second-order valence-electron chi connectivity index (χ2n) is 3.12. The maximum Gasteiger partial charge on any atom is 1.00 e. The van der Waals surface area contributed by atoms with Crippen molar-refractivity contribution in [3.05, 3.63) is 47.5 Å². The van der Waals surface area contributed by atoms with Crippen LogP contribution in [0.1, 0.15) is 22.1 Å². The minimum atomic E-state index is -4.64. The molecule has 0 saturated carbocycles. The number of rotatable bonds is 0. The zero-order chi connectivity index (χ0) is 13.1. The molecule has 1 aromatic rings. The van der Waals surface area contributed by atoms with Crippen LogP contribution in [0.5, 0.6) is 0 Å². The van der Waals surface area contributed by atoms with E-state index in [-0.39, 0.29) is 42.6 Å². The maximum atomic E-state index is 11.2. The average Bonchev–Trinajstić information content (AvgIpc) is 2.22. The molecular weight excluding hydrogens is 270 g/mol. The summed E-state index contributed by atoms with van der Waals surface area (Å²) in [5.74, 6) is -0.185. The fraction of sp³-hybridized carbons (Fsp3) is 0. The van der Waals surface area contributed by atoms with Gasteiger partial charge in [0.2, 0.25) is 0 Å². The Morgan fingerprint density at radius 2 is 1.17 bits per heavy atom. The fourth-order valence-corrected chi connectivity index (χ4v) is 1.24. The number of benzene rings is 1. The monoisotopic (exact) mass is 280 g/mol. The second kappa shape index (κ2) is 7.11. The molecule has 0 aromatic heterocycles. The van der Waals surface area contributed by atoms with Crippen LogP contribution in [0.15, 0.2) is 36.4 Å². The van der Waals surface area contributed by atoms with Crippen LogP contribution in [-0.2, 0) is 4.57 Å². The van der Waals surface area contributed by atoms with Crippen molar-refractivity contribution in [2.75, 3.05) is 0 Å². The van der Waals surface area contributed by atoms with Gasteiger partial charge in [0.15, 0.2) is 11.6 Å². The summed E-state index contributed by atoms with van der Waals surface area (Å²) < 4.78 is 8.88.